The Morgan fingerprint density at radius 2 is 1.77 bits per heavy atom. The number of furan rings is 1. The second kappa shape index (κ2) is 11.1. The van der Waals surface area contributed by atoms with Gasteiger partial charge in [0.1, 0.15) is 5.76 Å². The van der Waals surface area contributed by atoms with Crippen LogP contribution in [0.2, 0.25) is 0 Å². The SMILES string of the molecule is CCN(CC)C(=O)c1ccc(NC(=O)CSc2nc3ccccc3c(=O)n2Cc2ccco2)cc1. The van der Waals surface area contributed by atoms with Gasteiger partial charge in [0.05, 0.1) is 29.5 Å². The van der Waals surface area contributed by atoms with E-state index in [0.29, 0.717) is 46.2 Å². The molecule has 0 fully saturated rings. The van der Waals surface area contributed by atoms with Crippen LogP contribution in [-0.2, 0) is 11.3 Å². The molecule has 0 unspecified atom stereocenters. The zero-order valence-electron chi connectivity index (χ0n) is 19.6. The van der Waals surface area contributed by atoms with E-state index in [1.54, 1.807) is 65.8 Å². The molecule has 2 heterocycles. The van der Waals surface area contributed by atoms with Crippen LogP contribution in [0.3, 0.4) is 0 Å². The van der Waals surface area contributed by atoms with Crippen molar-refractivity contribution in [2.45, 2.75) is 25.5 Å². The van der Waals surface area contributed by atoms with E-state index >= 15 is 0 Å². The predicted molar refractivity (Wildman–Crippen MR) is 137 cm³/mol. The molecular formula is C26H26N4O4S. The summed E-state index contributed by atoms with van der Waals surface area (Å²) < 4.78 is 6.94. The van der Waals surface area contributed by atoms with Crippen LogP contribution in [-0.4, -0.2) is 45.1 Å². The molecule has 2 amide bonds. The normalized spacial score (nSPS) is 10.9. The second-order valence-electron chi connectivity index (χ2n) is 7.77. The second-order valence-corrected chi connectivity index (χ2v) is 8.72. The van der Waals surface area contributed by atoms with Gasteiger partial charge in [-0.2, -0.15) is 0 Å². The highest BCUT2D eigenvalue weighted by Gasteiger charge is 2.16. The minimum Gasteiger partial charge on any atom is -0.467 e. The molecule has 0 aliphatic rings. The van der Waals surface area contributed by atoms with Gasteiger partial charge < -0.3 is 14.6 Å². The van der Waals surface area contributed by atoms with Crippen LogP contribution in [0.15, 0.2) is 81.3 Å². The van der Waals surface area contributed by atoms with Crippen LogP contribution in [0.5, 0.6) is 0 Å². The van der Waals surface area contributed by atoms with Crippen LogP contribution in [0.1, 0.15) is 30.0 Å². The summed E-state index contributed by atoms with van der Waals surface area (Å²) in [6, 6.07) is 17.5. The van der Waals surface area contributed by atoms with Gasteiger partial charge in [-0.25, -0.2) is 4.98 Å². The molecule has 1 N–H and O–H groups in total. The number of benzene rings is 2. The van der Waals surface area contributed by atoms with Crippen molar-refractivity contribution in [2.24, 2.45) is 0 Å². The molecule has 0 bridgehead atoms. The first-order valence-electron chi connectivity index (χ1n) is 11.3. The summed E-state index contributed by atoms with van der Waals surface area (Å²) in [7, 11) is 0. The Kier molecular flexibility index (Phi) is 7.67. The van der Waals surface area contributed by atoms with Gasteiger partial charge in [0.15, 0.2) is 5.16 Å². The van der Waals surface area contributed by atoms with Gasteiger partial charge in [0, 0.05) is 24.3 Å². The summed E-state index contributed by atoms with van der Waals surface area (Å²) in [6.07, 6.45) is 1.55. The fourth-order valence-corrected chi connectivity index (χ4v) is 4.47. The number of hydrogen-bond acceptors (Lipinski definition) is 6. The van der Waals surface area contributed by atoms with E-state index in [0.717, 1.165) is 0 Å². The molecule has 2 aromatic heterocycles. The number of nitrogens with zero attached hydrogens (tertiary/aromatic N) is 3. The Hall–Kier alpha value is -3.85. The topological polar surface area (TPSA) is 97.4 Å². The zero-order chi connectivity index (χ0) is 24.8. The maximum Gasteiger partial charge on any atom is 0.262 e. The first-order valence-corrected chi connectivity index (χ1v) is 12.3. The third-order valence-corrected chi connectivity index (χ3v) is 6.50. The highest BCUT2D eigenvalue weighted by molar-refractivity contribution is 7.99. The molecule has 0 spiro atoms. The van der Waals surface area contributed by atoms with E-state index in [1.165, 1.54) is 16.3 Å². The van der Waals surface area contributed by atoms with Crippen LogP contribution < -0.4 is 10.9 Å². The van der Waals surface area contributed by atoms with Crippen LogP contribution >= 0.6 is 11.8 Å². The molecule has 9 heteroatoms. The summed E-state index contributed by atoms with van der Waals surface area (Å²) in [4.78, 5) is 44.6. The molecule has 0 saturated heterocycles. The summed E-state index contributed by atoms with van der Waals surface area (Å²) >= 11 is 1.18. The lowest BCUT2D eigenvalue weighted by Crippen LogP contribution is -2.30. The average Bonchev–Trinajstić information content (AvgIpc) is 3.39. The molecule has 180 valence electrons. The minimum atomic E-state index is -0.246. The number of hydrogen-bond donors (Lipinski definition) is 1. The molecular weight excluding hydrogens is 464 g/mol. The van der Waals surface area contributed by atoms with Crippen molar-refractivity contribution >= 4 is 40.2 Å². The largest absolute Gasteiger partial charge is 0.467 e. The average molecular weight is 491 g/mol. The molecule has 4 aromatic rings. The van der Waals surface area contributed by atoms with Crippen molar-refractivity contribution in [1.82, 2.24) is 14.5 Å². The van der Waals surface area contributed by atoms with E-state index < -0.39 is 0 Å². The number of amides is 2. The Bertz CT molecular complexity index is 1380. The zero-order valence-corrected chi connectivity index (χ0v) is 20.4. The number of rotatable bonds is 9. The summed E-state index contributed by atoms with van der Waals surface area (Å²) in [5.74, 6) is 0.392. The molecule has 35 heavy (non-hydrogen) atoms. The molecule has 0 aliphatic heterocycles. The van der Waals surface area contributed by atoms with Gasteiger partial charge in [-0.05, 0) is 62.4 Å². The summed E-state index contributed by atoms with van der Waals surface area (Å²) in [6.45, 7) is 5.37. The van der Waals surface area contributed by atoms with E-state index in [4.69, 9.17) is 4.42 Å². The molecule has 0 aliphatic carbocycles. The van der Waals surface area contributed by atoms with Gasteiger partial charge in [0.25, 0.3) is 11.5 Å². The summed E-state index contributed by atoms with van der Waals surface area (Å²) in [5, 5.41) is 3.77. The predicted octanol–water partition coefficient (Wildman–Crippen LogP) is 4.25. The number of aromatic nitrogens is 2. The Balaban J connectivity index is 1.47. The van der Waals surface area contributed by atoms with E-state index in [9.17, 15) is 14.4 Å². The maximum absolute atomic E-state index is 13.1. The highest BCUT2D eigenvalue weighted by atomic mass is 32.2. The van der Waals surface area contributed by atoms with Gasteiger partial charge >= 0.3 is 0 Å². The van der Waals surface area contributed by atoms with E-state index in [-0.39, 0.29) is 29.7 Å². The molecule has 0 atom stereocenters. The molecule has 2 aromatic carbocycles. The van der Waals surface area contributed by atoms with Gasteiger partial charge in [-0.15, -0.1) is 0 Å². The number of thioether (sulfide) groups is 1. The lowest BCUT2D eigenvalue weighted by molar-refractivity contribution is -0.113. The smallest absolute Gasteiger partial charge is 0.262 e. The number of para-hydroxylation sites is 1. The first-order chi connectivity index (χ1) is 17.0. The molecule has 4 rings (SSSR count). The number of anilines is 1. The number of carbonyl (C=O) groups is 2. The summed E-state index contributed by atoms with van der Waals surface area (Å²) in [5.41, 5.74) is 1.54. The fourth-order valence-electron chi connectivity index (χ4n) is 3.67. The van der Waals surface area contributed by atoms with Crippen molar-refractivity contribution in [3.8, 4) is 0 Å². The third-order valence-electron chi connectivity index (χ3n) is 5.52. The van der Waals surface area contributed by atoms with Crippen molar-refractivity contribution in [3.63, 3.8) is 0 Å². The van der Waals surface area contributed by atoms with Gasteiger partial charge in [-0.1, -0.05) is 23.9 Å². The van der Waals surface area contributed by atoms with E-state index in [1.807, 2.05) is 19.9 Å². The van der Waals surface area contributed by atoms with Crippen LogP contribution in [0, 0.1) is 0 Å². The van der Waals surface area contributed by atoms with Crippen LogP contribution in [0.4, 0.5) is 5.69 Å². The van der Waals surface area contributed by atoms with E-state index in [2.05, 4.69) is 10.3 Å². The Labute approximate surface area is 207 Å². The molecule has 8 nitrogen and oxygen atoms in total. The van der Waals surface area contributed by atoms with Gasteiger partial charge in [-0.3, -0.25) is 19.0 Å². The molecule has 0 radical (unpaired) electrons. The Morgan fingerprint density at radius 1 is 1.03 bits per heavy atom. The minimum absolute atomic E-state index is 0.0414. The lowest BCUT2D eigenvalue weighted by Gasteiger charge is -2.18. The van der Waals surface area contributed by atoms with Crippen molar-refractivity contribution in [2.75, 3.05) is 24.2 Å². The quantitative estimate of drug-likeness (QED) is 0.278. The first kappa shape index (κ1) is 24.3. The molecule has 0 saturated carbocycles. The third kappa shape index (κ3) is 5.63. The van der Waals surface area contributed by atoms with Crippen molar-refractivity contribution in [3.05, 3.63) is 88.6 Å². The lowest BCUT2D eigenvalue weighted by atomic mass is 10.2. The Morgan fingerprint density at radius 3 is 2.46 bits per heavy atom. The maximum atomic E-state index is 13.1. The highest BCUT2D eigenvalue weighted by Crippen LogP contribution is 2.20. The van der Waals surface area contributed by atoms with Crippen molar-refractivity contribution in [1.29, 1.82) is 0 Å². The van der Waals surface area contributed by atoms with Gasteiger partial charge in [0.2, 0.25) is 5.91 Å². The number of nitrogens with one attached hydrogen (secondary N) is 1. The fraction of sp³-hybridized carbons (Fsp3) is 0.231. The van der Waals surface area contributed by atoms with Crippen LogP contribution in [0.25, 0.3) is 10.9 Å². The monoisotopic (exact) mass is 490 g/mol. The number of carbonyl (C=O) groups excluding carboxylic acids is 2. The number of fused-ring (bicyclic) bond motifs is 1. The standard InChI is InChI=1S/C26H26N4O4S/c1-3-29(4-2)24(32)18-11-13-19(14-12-18)27-23(31)17-35-26-28-22-10-6-5-9-21(22)25(33)30(26)16-20-8-7-15-34-20/h5-15H,3-4,16-17H2,1-2H3,(H,27,31). The van der Waals surface area contributed by atoms with Crippen molar-refractivity contribution < 1.29 is 14.0 Å².